The molecule has 0 spiro atoms. The Hall–Kier alpha value is -3.85. The summed E-state index contributed by atoms with van der Waals surface area (Å²) in [6.07, 6.45) is 0.519. The van der Waals surface area contributed by atoms with Gasteiger partial charge in [0.2, 0.25) is 5.91 Å². The van der Waals surface area contributed by atoms with E-state index < -0.39 is 11.7 Å². The van der Waals surface area contributed by atoms with Crippen molar-refractivity contribution in [1.82, 2.24) is 19.8 Å². The molecular weight excluding hydrogens is 571 g/mol. The molecule has 1 aromatic heterocycles. The van der Waals surface area contributed by atoms with E-state index in [2.05, 4.69) is 36.5 Å². The highest BCUT2D eigenvalue weighted by Crippen LogP contribution is 2.41. The maximum Gasteiger partial charge on any atom is 0.418 e. The fourth-order valence-corrected chi connectivity index (χ4v) is 6.80. The van der Waals surface area contributed by atoms with Crippen LogP contribution in [0.4, 0.5) is 24.7 Å². The van der Waals surface area contributed by atoms with Crippen LogP contribution in [0.15, 0.2) is 30.9 Å². The number of ether oxygens (including phenoxy) is 1. The lowest BCUT2D eigenvalue weighted by atomic mass is 10.00. The summed E-state index contributed by atoms with van der Waals surface area (Å²) in [5.74, 6) is 0.800. The quantitative estimate of drug-likeness (QED) is 0.401. The van der Waals surface area contributed by atoms with Crippen molar-refractivity contribution in [1.29, 1.82) is 5.26 Å². The first-order chi connectivity index (χ1) is 21.0. The van der Waals surface area contributed by atoms with Crippen LogP contribution in [0.2, 0.25) is 0 Å². The fourth-order valence-electron chi connectivity index (χ4n) is 6.80. The summed E-state index contributed by atoms with van der Waals surface area (Å²) >= 11 is 0. The molecule has 2 fully saturated rings. The van der Waals surface area contributed by atoms with Gasteiger partial charge in [-0.25, -0.2) is 0 Å². The number of nitrogens with zero attached hydrogens (tertiary/aromatic N) is 7. The molecule has 9 nitrogen and oxygen atoms in total. The topological polar surface area (TPSA) is 88.8 Å². The van der Waals surface area contributed by atoms with Gasteiger partial charge >= 0.3 is 12.2 Å². The lowest BCUT2D eigenvalue weighted by Crippen LogP contribution is -2.55. The van der Waals surface area contributed by atoms with Crippen LogP contribution in [0.25, 0.3) is 0 Å². The molecule has 3 heterocycles. The summed E-state index contributed by atoms with van der Waals surface area (Å²) < 4.78 is 48.6. The number of amides is 1. The summed E-state index contributed by atoms with van der Waals surface area (Å²) in [7, 11) is 4.16. The van der Waals surface area contributed by atoms with Gasteiger partial charge in [-0.1, -0.05) is 18.7 Å². The summed E-state index contributed by atoms with van der Waals surface area (Å²) in [5, 5.41) is 9.48. The number of aryl methyl sites for hydroxylation is 1. The standard InChI is InChI=1S/C32H40F3N7O2/c1-5-28(43)42-16-15-41(18-24(42)11-13-36)30-25-12-14-40(27-8-6-7-21(2)29(27)32(33,34)35)19-26(25)37-31(38-30)44-20-22-9-10-23(17-22)39(3)4/h5-8,22-24H,1,9-12,14-20H2,2-4H3/t22-,23+,24+/m1/s1. The Labute approximate surface area is 256 Å². The van der Waals surface area contributed by atoms with Crippen LogP contribution in [0.5, 0.6) is 6.01 Å². The van der Waals surface area contributed by atoms with Gasteiger partial charge in [0.05, 0.1) is 42.9 Å². The first kappa shape index (κ1) is 31.6. The summed E-state index contributed by atoms with van der Waals surface area (Å²) in [4.78, 5) is 29.8. The molecule has 0 N–H and O–H groups in total. The summed E-state index contributed by atoms with van der Waals surface area (Å²) in [5.41, 5.74) is 1.18. The number of carbonyl (C=O) groups is 1. The molecule has 1 amide bonds. The highest BCUT2D eigenvalue weighted by atomic mass is 19.4. The van der Waals surface area contributed by atoms with Crippen LogP contribution in [-0.4, -0.2) is 84.6 Å². The number of alkyl halides is 3. The van der Waals surface area contributed by atoms with Gasteiger partial charge in [0, 0.05) is 43.5 Å². The van der Waals surface area contributed by atoms with Crippen LogP contribution in [0.3, 0.4) is 0 Å². The molecule has 2 aromatic rings. The van der Waals surface area contributed by atoms with Crippen molar-refractivity contribution in [2.75, 3.05) is 56.7 Å². The molecule has 1 saturated heterocycles. The molecule has 0 radical (unpaired) electrons. The van der Waals surface area contributed by atoms with Gasteiger partial charge in [-0.2, -0.15) is 28.4 Å². The van der Waals surface area contributed by atoms with Gasteiger partial charge in [0.15, 0.2) is 0 Å². The number of anilines is 2. The van der Waals surface area contributed by atoms with E-state index >= 15 is 0 Å². The molecule has 0 bridgehead atoms. The Morgan fingerprint density at radius 2 is 2.00 bits per heavy atom. The zero-order valence-electron chi connectivity index (χ0n) is 25.6. The molecule has 12 heteroatoms. The molecule has 2 aliphatic heterocycles. The van der Waals surface area contributed by atoms with E-state index in [1.165, 1.54) is 25.1 Å². The molecule has 44 heavy (non-hydrogen) atoms. The second-order valence-electron chi connectivity index (χ2n) is 12.2. The number of fused-ring (bicyclic) bond motifs is 1. The van der Waals surface area contributed by atoms with Crippen molar-refractivity contribution in [2.45, 2.75) is 63.8 Å². The lowest BCUT2D eigenvalue weighted by Gasteiger charge is -2.42. The van der Waals surface area contributed by atoms with E-state index in [-0.39, 0.29) is 42.2 Å². The molecule has 3 atom stereocenters. The predicted molar refractivity (Wildman–Crippen MR) is 161 cm³/mol. The smallest absolute Gasteiger partial charge is 0.418 e. The molecule has 0 unspecified atom stereocenters. The Bertz CT molecular complexity index is 1420. The first-order valence-corrected chi connectivity index (χ1v) is 15.2. The number of hydrogen-bond acceptors (Lipinski definition) is 8. The highest BCUT2D eigenvalue weighted by molar-refractivity contribution is 5.87. The van der Waals surface area contributed by atoms with E-state index in [0.717, 1.165) is 24.8 Å². The van der Waals surface area contributed by atoms with Crippen molar-refractivity contribution in [3.63, 3.8) is 0 Å². The third kappa shape index (κ3) is 6.62. The second kappa shape index (κ2) is 13.0. The number of hydrogen-bond donors (Lipinski definition) is 0. The van der Waals surface area contributed by atoms with Crippen LogP contribution < -0.4 is 14.5 Å². The van der Waals surface area contributed by atoms with E-state index in [9.17, 15) is 23.2 Å². The number of piperazine rings is 1. The zero-order valence-corrected chi connectivity index (χ0v) is 25.6. The van der Waals surface area contributed by atoms with Gasteiger partial charge in [0.25, 0.3) is 0 Å². The minimum Gasteiger partial charge on any atom is -0.463 e. The van der Waals surface area contributed by atoms with Crippen molar-refractivity contribution in [2.24, 2.45) is 5.92 Å². The third-order valence-electron chi connectivity index (χ3n) is 9.16. The molecule has 5 rings (SSSR count). The summed E-state index contributed by atoms with van der Waals surface area (Å²) in [6.45, 7) is 7.35. The van der Waals surface area contributed by atoms with Crippen molar-refractivity contribution >= 4 is 17.4 Å². The van der Waals surface area contributed by atoms with Gasteiger partial charge in [0.1, 0.15) is 5.82 Å². The van der Waals surface area contributed by atoms with E-state index in [4.69, 9.17) is 14.7 Å². The van der Waals surface area contributed by atoms with Gasteiger partial charge < -0.3 is 24.3 Å². The van der Waals surface area contributed by atoms with Gasteiger partial charge in [-0.15, -0.1) is 0 Å². The molecule has 3 aliphatic rings. The predicted octanol–water partition coefficient (Wildman–Crippen LogP) is 4.59. The number of aromatic nitrogens is 2. The molecular formula is C32H40F3N7O2. The van der Waals surface area contributed by atoms with Crippen LogP contribution in [-0.2, 0) is 23.9 Å². The number of halogens is 3. The number of nitriles is 1. The Balaban J connectivity index is 1.47. The third-order valence-corrected chi connectivity index (χ3v) is 9.16. The monoisotopic (exact) mass is 611 g/mol. The van der Waals surface area contributed by atoms with Gasteiger partial charge in [-0.3, -0.25) is 4.79 Å². The first-order valence-electron chi connectivity index (χ1n) is 15.2. The van der Waals surface area contributed by atoms with Crippen molar-refractivity contribution in [3.05, 3.63) is 53.2 Å². The average Bonchev–Trinajstić information content (AvgIpc) is 3.48. The maximum atomic E-state index is 14.1. The van der Waals surface area contributed by atoms with E-state index in [1.54, 1.807) is 15.9 Å². The highest BCUT2D eigenvalue weighted by Gasteiger charge is 2.38. The van der Waals surface area contributed by atoms with Crippen LogP contribution in [0.1, 0.15) is 48.1 Å². The van der Waals surface area contributed by atoms with E-state index in [1.807, 2.05) is 0 Å². The molecule has 1 aromatic carbocycles. The van der Waals surface area contributed by atoms with Crippen molar-refractivity contribution < 1.29 is 22.7 Å². The number of rotatable bonds is 8. The number of benzene rings is 1. The average molecular weight is 612 g/mol. The van der Waals surface area contributed by atoms with E-state index in [0.29, 0.717) is 62.7 Å². The minimum absolute atomic E-state index is 0.136. The number of carbonyl (C=O) groups excluding carboxylic acids is 1. The van der Waals surface area contributed by atoms with Crippen molar-refractivity contribution in [3.8, 4) is 12.1 Å². The molecule has 1 aliphatic carbocycles. The van der Waals surface area contributed by atoms with Gasteiger partial charge in [-0.05, 0) is 70.3 Å². The van der Waals surface area contributed by atoms with Crippen LogP contribution >= 0.6 is 0 Å². The Kier molecular flexibility index (Phi) is 9.34. The maximum absolute atomic E-state index is 14.1. The largest absolute Gasteiger partial charge is 0.463 e. The second-order valence-corrected chi connectivity index (χ2v) is 12.2. The zero-order chi connectivity index (χ0) is 31.6. The molecule has 236 valence electrons. The Morgan fingerprint density at radius 1 is 1.20 bits per heavy atom. The SMILES string of the molecule is C=CC(=O)N1CCN(c2nc(OC[C@@H]3CC[C@H](N(C)C)C3)nc3c2CCN(c2cccc(C)c2C(F)(F)F)C3)C[C@@H]1CC#N. The van der Waals surface area contributed by atoms with Crippen LogP contribution in [0, 0.1) is 24.2 Å². The minimum atomic E-state index is -4.49. The Morgan fingerprint density at radius 3 is 2.68 bits per heavy atom. The summed E-state index contributed by atoms with van der Waals surface area (Å²) in [6, 6.07) is 7.19. The lowest BCUT2D eigenvalue weighted by molar-refractivity contribution is -0.137. The molecule has 1 saturated carbocycles. The fraction of sp³-hybridized carbons (Fsp3) is 0.562. The normalized spacial score (nSPS) is 22.1.